The Hall–Kier alpha value is -1.32. The molecule has 0 saturated carbocycles. The normalized spacial score (nSPS) is 17.6. The first kappa shape index (κ1) is 12.1. The van der Waals surface area contributed by atoms with Crippen molar-refractivity contribution in [2.45, 2.75) is 47.0 Å². The summed E-state index contributed by atoms with van der Waals surface area (Å²) in [5.74, 6) is 0. The average Bonchev–Trinajstić information content (AvgIpc) is 2.54. The lowest BCUT2D eigenvalue weighted by Gasteiger charge is -2.29. The number of nitrogens with zero attached hydrogens (tertiary/aromatic N) is 2. The molecular formula is C13H20N2O2. The number of rotatable bonds is 1. The summed E-state index contributed by atoms with van der Waals surface area (Å²) in [5.41, 5.74) is 3.47. The van der Waals surface area contributed by atoms with Gasteiger partial charge in [-0.15, -0.1) is 0 Å². The summed E-state index contributed by atoms with van der Waals surface area (Å²) in [7, 11) is 0. The molecule has 0 atom stereocenters. The Morgan fingerprint density at radius 3 is 2.88 bits per heavy atom. The number of carbonyl (C=O) groups is 1. The third-order valence-corrected chi connectivity index (χ3v) is 3.43. The van der Waals surface area contributed by atoms with Gasteiger partial charge in [-0.1, -0.05) is 13.8 Å². The predicted octanol–water partition coefficient (Wildman–Crippen LogP) is 2.71. The van der Waals surface area contributed by atoms with Gasteiger partial charge in [0.25, 0.3) is 0 Å². The van der Waals surface area contributed by atoms with E-state index in [1.807, 2.05) is 13.8 Å². The highest BCUT2D eigenvalue weighted by Gasteiger charge is 2.31. The molecule has 0 saturated heterocycles. The summed E-state index contributed by atoms with van der Waals surface area (Å²) < 4.78 is 6.49. The van der Waals surface area contributed by atoms with Crippen LogP contribution in [0.25, 0.3) is 0 Å². The van der Waals surface area contributed by atoms with Gasteiger partial charge in [0.05, 0.1) is 18.0 Å². The summed E-state index contributed by atoms with van der Waals surface area (Å²) in [4.78, 5) is 11.8. The van der Waals surface area contributed by atoms with Crippen molar-refractivity contribution in [3.63, 3.8) is 0 Å². The fraction of sp³-hybridized carbons (Fsp3) is 0.692. The van der Waals surface area contributed by atoms with Crippen LogP contribution < -0.4 is 0 Å². The molecule has 17 heavy (non-hydrogen) atoms. The Morgan fingerprint density at radius 1 is 1.53 bits per heavy atom. The molecule has 1 aromatic rings. The molecule has 0 fully saturated rings. The summed E-state index contributed by atoms with van der Waals surface area (Å²) in [6.07, 6.45) is 2.69. The first-order valence-corrected chi connectivity index (χ1v) is 6.19. The third kappa shape index (κ3) is 2.21. The quantitative estimate of drug-likeness (QED) is 0.753. The average molecular weight is 236 g/mol. The molecule has 2 rings (SSSR count). The van der Waals surface area contributed by atoms with Crippen molar-refractivity contribution in [2.24, 2.45) is 5.41 Å². The van der Waals surface area contributed by atoms with Crippen molar-refractivity contribution in [1.82, 2.24) is 9.78 Å². The fourth-order valence-corrected chi connectivity index (χ4v) is 2.45. The van der Waals surface area contributed by atoms with Crippen LogP contribution in [0.5, 0.6) is 0 Å². The van der Waals surface area contributed by atoms with Crippen molar-refractivity contribution in [1.29, 1.82) is 0 Å². The zero-order valence-electron chi connectivity index (χ0n) is 11.0. The van der Waals surface area contributed by atoms with Crippen molar-refractivity contribution >= 4 is 6.09 Å². The molecule has 1 heterocycles. The maximum Gasteiger partial charge on any atom is 0.434 e. The second-order valence-corrected chi connectivity index (χ2v) is 5.46. The Kier molecular flexibility index (Phi) is 2.98. The lowest BCUT2D eigenvalue weighted by Crippen LogP contribution is -2.26. The van der Waals surface area contributed by atoms with E-state index in [4.69, 9.17) is 4.74 Å². The van der Waals surface area contributed by atoms with Crippen LogP contribution in [0.2, 0.25) is 0 Å². The van der Waals surface area contributed by atoms with Crippen LogP contribution in [0.4, 0.5) is 4.79 Å². The summed E-state index contributed by atoms with van der Waals surface area (Å²) in [6.45, 7) is 8.62. The second-order valence-electron chi connectivity index (χ2n) is 5.46. The van der Waals surface area contributed by atoms with Gasteiger partial charge in [-0.05, 0) is 44.1 Å². The molecule has 4 nitrogen and oxygen atoms in total. The minimum absolute atomic E-state index is 0.240. The molecule has 0 amide bonds. The van der Waals surface area contributed by atoms with Crippen molar-refractivity contribution in [2.75, 3.05) is 6.61 Å². The van der Waals surface area contributed by atoms with Gasteiger partial charge in [0, 0.05) is 0 Å². The number of ether oxygens (including phenoxy) is 1. The lowest BCUT2D eigenvalue weighted by atomic mass is 9.76. The SMILES string of the molecule is CCOC(=O)n1nc(C)c2c1CC(C)(C)CC2. The minimum atomic E-state index is -0.352. The molecule has 1 aromatic heterocycles. The van der Waals surface area contributed by atoms with Crippen LogP contribution in [0.3, 0.4) is 0 Å². The molecular weight excluding hydrogens is 216 g/mol. The Morgan fingerprint density at radius 2 is 2.24 bits per heavy atom. The summed E-state index contributed by atoms with van der Waals surface area (Å²) in [5, 5.41) is 4.32. The van der Waals surface area contributed by atoms with Crippen LogP contribution in [0.1, 0.15) is 44.1 Å². The molecule has 0 aliphatic heterocycles. The van der Waals surface area contributed by atoms with Gasteiger partial charge in [0.15, 0.2) is 0 Å². The first-order valence-electron chi connectivity index (χ1n) is 6.19. The van der Waals surface area contributed by atoms with E-state index in [0.717, 1.165) is 30.7 Å². The lowest BCUT2D eigenvalue weighted by molar-refractivity contribution is 0.148. The maximum absolute atomic E-state index is 11.8. The fourth-order valence-electron chi connectivity index (χ4n) is 2.45. The molecule has 94 valence electrons. The molecule has 0 unspecified atom stereocenters. The van der Waals surface area contributed by atoms with Gasteiger partial charge < -0.3 is 4.74 Å². The van der Waals surface area contributed by atoms with Crippen LogP contribution >= 0.6 is 0 Å². The van der Waals surface area contributed by atoms with E-state index in [1.54, 1.807) is 0 Å². The van der Waals surface area contributed by atoms with Gasteiger partial charge in [0.1, 0.15) is 0 Å². The Balaban J connectivity index is 2.39. The van der Waals surface area contributed by atoms with Crippen molar-refractivity contribution in [3.05, 3.63) is 17.0 Å². The zero-order chi connectivity index (χ0) is 12.6. The number of aryl methyl sites for hydroxylation is 1. The zero-order valence-corrected chi connectivity index (χ0v) is 11.0. The van der Waals surface area contributed by atoms with Crippen LogP contribution in [0.15, 0.2) is 0 Å². The van der Waals surface area contributed by atoms with Crippen LogP contribution in [-0.4, -0.2) is 22.5 Å². The molecule has 0 radical (unpaired) electrons. The van der Waals surface area contributed by atoms with Gasteiger partial charge in [0.2, 0.25) is 0 Å². The maximum atomic E-state index is 11.8. The predicted molar refractivity (Wildman–Crippen MR) is 65.2 cm³/mol. The van der Waals surface area contributed by atoms with E-state index in [9.17, 15) is 4.79 Å². The van der Waals surface area contributed by atoms with Crippen molar-refractivity contribution in [3.8, 4) is 0 Å². The van der Waals surface area contributed by atoms with Gasteiger partial charge >= 0.3 is 6.09 Å². The second kappa shape index (κ2) is 4.17. The number of hydrogen-bond donors (Lipinski definition) is 0. The smallest absolute Gasteiger partial charge is 0.434 e. The van der Waals surface area contributed by atoms with E-state index in [-0.39, 0.29) is 11.5 Å². The number of hydrogen-bond acceptors (Lipinski definition) is 3. The number of carbonyl (C=O) groups excluding carboxylic acids is 1. The molecule has 0 aromatic carbocycles. The van der Waals surface area contributed by atoms with E-state index in [0.29, 0.717) is 6.61 Å². The van der Waals surface area contributed by atoms with Gasteiger partial charge in [-0.2, -0.15) is 9.78 Å². The highest BCUT2D eigenvalue weighted by molar-refractivity contribution is 5.71. The molecule has 0 spiro atoms. The van der Waals surface area contributed by atoms with E-state index < -0.39 is 0 Å². The molecule has 0 bridgehead atoms. The van der Waals surface area contributed by atoms with E-state index in [1.165, 1.54) is 10.2 Å². The topological polar surface area (TPSA) is 44.1 Å². The highest BCUT2D eigenvalue weighted by atomic mass is 16.5. The summed E-state index contributed by atoms with van der Waals surface area (Å²) >= 11 is 0. The summed E-state index contributed by atoms with van der Waals surface area (Å²) in [6, 6.07) is 0. The Bertz CT molecular complexity index is 447. The number of fused-ring (bicyclic) bond motifs is 1. The largest absolute Gasteiger partial charge is 0.448 e. The van der Waals surface area contributed by atoms with E-state index in [2.05, 4.69) is 18.9 Å². The van der Waals surface area contributed by atoms with Crippen LogP contribution in [-0.2, 0) is 17.6 Å². The van der Waals surface area contributed by atoms with E-state index >= 15 is 0 Å². The first-order chi connectivity index (χ1) is 7.94. The Labute approximate surface area is 102 Å². The molecule has 1 aliphatic carbocycles. The van der Waals surface area contributed by atoms with Gasteiger partial charge in [-0.3, -0.25) is 0 Å². The number of aromatic nitrogens is 2. The minimum Gasteiger partial charge on any atom is -0.448 e. The van der Waals surface area contributed by atoms with Gasteiger partial charge in [-0.25, -0.2) is 4.79 Å². The monoisotopic (exact) mass is 236 g/mol. The molecule has 0 N–H and O–H groups in total. The standard InChI is InChI=1S/C13H20N2O2/c1-5-17-12(16)15-11-8-13(3,4)7-6-10(11)9(2)14-15/h5-8H2,1-4H3. The molecule has 4 heteroatoms. The highest BCUT2D eigenvalue weighted by Crippen LogP contribution is 2.35. The van der Waals surface area contributed by atoms with Crippen LogP contribution in [0, 0.1) is 12.3 Å². The molecule has 1 aliphatic rings. The van der Waals surface area contributed by atoms with Crippen molar-refractivity contribution < 1.29 is 9.53 Å². The third-order valence-electron chi connectivity index (χ3n) is 3.43.